The van der Waals surface area contributed by atoms with E-state index in [0.29, 0.717) is 0 Å². The largest absolute Gasteiger partial charge is 0.386 e. The number of nitrogens with zero attached hydrogens (tertiary/aromatic N) is 1. The van der Waals surface area contributed by atoms with Crippen molar-refractivity contribution in [1.29, 1.82) is 0 Å². The molecule has 24 heavy (non-hydrogen) atoms. The molecule has 0 aliphatic rings. The molecule has 1 N–H and O–H groups in total. The Hall–Kier alpha value is -2.58. The van der Waals surface area contributed by atoms with Crippen molar-refractivity contribution in [2.45, 2.75) is 26.4 Å². The van der Waals surface area contributed by atoms with Gasteiger partial charge in [-0.1, -0.05) is 48.5 Å². The van der Waals surface area contributed by atoms with Gasteiger partial charge in [-0.05, 0) is 44.5 Å². The Kier molecular flexibility index (Phi) is 3.26. The summed E-state index contributed by atoms with van der Waals surface area (Å²) in [6, 6.07) is 23.2. The Bertz CT molecular complexity index is 997. The number of aliphatic hydroxyl groups is 1. The van der Waals surface area contributed by atoms with Crippen LogP contribution >= 0.6 is 0 Å². The van der Waals surface area contributed by atoms with E-state index in [-0.39, 0.29) is 0 Å². The lowest BCUT2D eigenvalue weighted by Crippen LogP contribution is -2.18. The molecule has 0 atom stereocenters. The van der Waals surface area contributed by atoms with Gasteiger partial charge >= 0.3 is 0 Å². The van der Waals surface area contributed by atoms with E-state index >= 15 is 0 Å². The Balaban J connectivity index is 2.20. The molecule has 4 rings (SSSR count). The van der Waals surface area contributed by atoms with Crippen LogP contribution in [0.3, 0.4) is 0 Å². The fourth-order valence-electron chi connectivity index (χ4n) is 3.53. The van der Waals surface area contributed by atoms with Gasteiger partial charge in [0.2, 0.25) is 0 Å². The van der Waals surface area contributed by atoms with E-state index < -0.39 is 5.60 Å². The van der Waals surface area contributed by atoms with E-state index in [4.69, 9.17) is 0 Å². The topological polar surface area (TPSA) is 25.2 Å². The smallest absolute Gasteiger partial charge is 0.0860 e. The molecule has 0 fully saturated rings. The third-order valence-corrected chi connectivity index (χ3v) is 4.63. The summed E-state index contributed by atoms with van der Waals surface area (Å²) >= 11 is 0. The van der Waals surface area contributed by atoms with Crippen LogP contribution in [0.4, 0.5) is 0 Å². The second-order valence-electron chi connectivity index (χ2n) is 6.95. The summed E-state index contributed by atoms with van der Waals surface area (Å²) < 4.78 is 2.27. The molecule has 2 nitrogen and oxygen atoms in total. The summed E-state index contributed by atoms with van der Waals surface area (Å²) in [7, 11) is 0. The van der Waals surface area contributed by atoms with Crippen molar-refractivity contribution in [1.82, 2.24) is 4.57 Å². The maximum absolute atomic E-state index is 10.7. The normalized spacial score (nSPS) is 12.2. The summed E-state index contributed by atoms with van der Waals surface area (Å²) in [5.74, 6) is 0. The SMILES string of the molecule is Cc1ccc(C(C)(C)O)c(-n2c3ccccc3c3ccccc32)c1. The highest BCUT2D eigenvalue weighted by molar-refractivity contribution is 6.09. The van der Waals surface area contributed by atoms with Crippen molar-refractivity contribution in [3.8, 4) is 5.69 Å². The van der Waals surface area contributed by atoms with E-state index in [0.717, 1.165) is 22.3 Å². The van der Waals surface area contributed by atoms with Crippen molar-refractivity contribution in [2.75, 3.05) is 0 Å². The van der Waals surface area contributed by atoms with Gasteiger partial charge in [0.15, 0.2) is 0 Å². The first-order valence-corrected chi connectivity index (χ1v) is 8.29. The van der Waals surface area contributed by atoms with Gasteiger partial charge in [0, 0.05) is 16.3 Å². The third-order valence-electron chi connectivity index (χ3n) is 4.63. The average Bonchev–Trinajstić information content (AvgIpc) is 2.88. The van der Waals surface area contributed by atoms with Crippen LogP contribution in [0.2, 0.25) is 0 Å². The number of rotatable bonds is 2. The molecule has 4 aromatic rings. The van der Waals surface area contributed by atoms with E-state index in [1.165, 1.54) is 16.3 Å². The van der Waals surface area contributed by atoms with Gasteiger partial charge in [-0.2, -0.15) is 0 Å². The molecule has 2 heteroatoms. The van der Waals surface area contributed by atoms with Crippen molar-refractivity contribution < 1.29 is 5.11 Å². The molecule has 0 aliphatic carbocycles. The zero-order valence-electron chi connectivity index (χ0n) is 14.2. The van der Waals surface area contributed by atoms with Crippen molar-refractivity contribution in [3.63, 3.8) is 0 Å². The second-order valence-corrected chi connectivity index (χ2v) is 6.95. The molecule has 0 radical (unpaired) electrons. The molecule has 0 aliphatic heterocycles. The van der Waals surface area contributed by atoms with Gasteiger partial charge in [-0.3, -0.25) is 0 Å². The molecule has 1 heterocycles. The maximum Gasteiger partial charge on any atom is 0.0860 e. The van der Waals surface area contributed by atoms with Crippen LogP contribution in [0.25, 0.3) is 27.5 Å². The van der Waals surface area contributed by atoms with Gasteiger partial charge in [-0.15, -0.1) is 0 Å². The van der Waals surface area contributed by atoms with Crippen molar-refractivity contribution in [3.05, 3.63) is 77.9 Å². The second kappa shape index (κ2) is 5.22. The Labute approximate surface area is 142 Å². The fourth-order valence-corrected chi connectivity index (χ4v) is 3.53. The summed E-state index contributed by atoms with van der Waals surface area (Å²) in [6.45, 7) is 5.77. The number of fused-ring (bicyclic) bond motifs is 3. The monoisotopic (exact) mass is 315 g/mol. The quantitative estimate of drug-likeness (QED) is 0.532. The summed E-state index contributed by atoms with van der Waals surface area (Å²) in [4.78, 5) is 0. The molecule has 0 amide bonds. The number of para-hydroxylation sites is 2. The molecule has 0 spiro atoms. The molecule has 0 saturated carbocycles. The van der Waals surface area contributed by atoms with Gasteiger partial charge in [-0.25, -0.2) is 0 Å². The molecule has 0 saturated heterocycles. The van der Waals surface area contributed by atoms with E-state index in [1.54, 1.807) is 0 Å². The number of aromatic nitrogens is 1. The molecular weight excluding hydrogens is 294 g/mol. The minimum atomic E-state index is -0.907. The van der Waals surface area contributed by atoms with Crippen LogP contribution in [-0.2, 0) is 5.60 Å². The first kappa shape index (κ1) is 15.0. The highest BCUT2D eigenvalue weighted by atomic mass is 16.3. The first-order valence-electron chi connectivity index (χ1n) is 8.29. The molecule has 1 aromatic heterocycles. The van der Waals surface area contributed by atoms with E-state index in [2.05, 4.69) is 72.2 Å². The first-order chi connectivity index (χ1) is 11.5. The fraction of sp³-hybridized carbons (Fsp3) is 0.182. The van der Waals surface area contributed by atoms with Gasteiger partial charge in [0.05, 0.1) is 22.3 Å². The number of aryl methyl sites for hydroxylation is 1. The van der Waals surface area contributed by atoms with Crippen LogP contribution in [-0.4, -0.2) is 9.67 Å². The van der Waals surface area contributed by atoms with Gasteiger partial charge in [0.25, 0.3) is 0 Å². The number of benzene rings is 3. The summed E-state index contributed by atoms with van der Waals surface area (Å²) in [6.07, 6.45) is 0. The number of hydrogen-bond acceptors (Lipinski definition) is 1. The Morgan fingerprint density at radius 1 is 0.792 bits per heavy atom. The van der Waals surface area contributed by atoms with Gasteiger partial charge in [0.1, 0.15) is 0 Å². The lowest BCUT2D eigenvalue weighted by atomic mass is 9.95. The van der Waals surface area contributed by atoms with Crippen LogP contribution in [0.1, 0.15) is 25.0 Å². The highest BCUT2D eigenvalue weighted by Crippen LogP contribution is 2.35. The standard InChI is InChI=1S/C22H21NO/c1-15-12-13-18(22(2,3)24)21(14-15)23-19-10-6-4-8-16(19)17-9-5-7-11-20(17)23/h4-14,24H,1-3H3. The third kappa shape index (κ3) is 2.22. The lowest BCUT2D eigenvalue weighted by molar-refractivity contribution is 0.0786. The summed E-state index contributed by atoms with van der Waals surface area (Å²) in [5, 5.41) is 13.2. The molecule has 0 unspecified atom stereocenters. The minimum Gasteiger partial charge on any atom is -0.386 e. The summed E-state index contributed by atoms with van der Waals surface area (Å²) in [5.41, 5.74) is 4.57. The van der Waals surface area contributed by atoms with E-state index in [1.807, 2.05) is 19.9 Å². The number of hydrogen-bond donors (Lipinski definition) is 1. The maximum atomic E-state index is 10.7. The van der Waals surface area contributed by atoms with Gasteiger partial charge < -0.3 is 9.67 Å². The molecular formula is C22H21NO. The Morgan fingerprint density at radius 3 is 1.88 bits per heavy atom. The van der Waals surface area contributed by atoms with Crippen molar-refractivity contribution >= 4 is 21.8 Å². The molecule has 3 aromatic carbocycles. The highest BCUT2D eigenvalue weighted by Gasteiger charge is 2.23. The molecule has 120 valence electrons. The zero-order chi connectivity index (χ0) is 16.9. The van der Waals surface area contributed by atoms with Crippen LogP contribution < -0.4 is 0 Å². The minimum absolute atomic E-state index is 0.907. The molecule has 0 bridgehead atoms. The van der Waals surface area contributed by atoms with Crippen LogP contribution in [0.15, 0.2) is 66.7 Å². The predicted molar refractivity (Wildman–Crippen MR) is 101 cm³/mol. The van der Waals surface area contributed by atoms with Crippen LogP contribution in [0.5, 0.6) is 0 Å². The van der Waals surface area contributed by atoms with Crippen molar-refractivity contribution in [2.24, 2.45) is 0 Å². The lowest BCUT2D eigenvalue weighted by Gasteiger charge is -2.23. The van der Waals surface area contributed by atoms with E-state index in [9.17, 15) is 5.11 Å². The van der Waals surface area contributed by atoms with Crippen LogP contribution in [0, 0.1) is 6.92 Å². The average molecular weight is 315 g/mol. The predicted octanol–water partition coefficient (Wildman–Crippen LogP) is 5.32. The zero-order valence-corrected chi connectivity index (χ0v) is 14.2. The Morgan fingerprint density at radius 2 is 1.33 bits per heavy atom.